The second-order valence-corrected chi connectivity index (χ2v) is 8.27. The molecule has 1 aliphatic rings. The van der Waals surface area contributed by atoms with Crippen molar-refractivity contribution in [2.75, 3.05) is 38.2 Å². The predicted molar refractivity (Wildman–Crippen MR) is 89.6 cm³/mol. The van der Waals surface area contributed by atoms with Crippen molar-refractivity contribution in [1.82, 2.24) is 9.21 Å². The van der Waals surface area contributed by atoms with E-state index in [9.17, 15) is 13.2 Å². The molecule has 7 heteroatoms. The van der Waals surface area contributed by atoms with E-state index in [1.807, 2.05) is 26.2 Å². The molecule has 1 fully saturated rings. The maximum atomic E-state index is 12.7. The van der Waals surface area contributed by atoms with Crippen molar-refractivity contribution in [2.24, 2.45) is 0 Å². The number of thioether (sulfide) groups is 1. The molecule has 1 aromatic carbocycles. The molecule has 0 bridgehead atoms. The quantitative estimate of drug-likeness (QED) is 0.832. The number of rotatable bonds is 4. The van der Waals surface area contributed by atoms with Crippen LogP contribution in [0.1, 0.15) is 11.1 Å². The Labute approximate surface area is 136 Å². The maximum absolute atomic E-state index is 12.7. The van der Waals surface area contributed by atoms with Crippen LogP contribution in [0.15, 0.2) is 23.1 Å². The number of carbonyl (C=O) groups is 1. The van der Waals surface area contributed by atoms with Crippen molar-refractivity contribution in [3.63, 3.8) is 0 Å². The Bertz CT molecular complexity index is 651. The van der Waals surface area contributed by atoms with Crippen LogP contribution in [0.4, 0.5) is 0 Å². The van der Waals surface area contributed by atoms with E-state index in [1.165, 1.54) is 16.1 Å². The number of piperazine rings is 1. The lowest BCUT2D eigenvalue weighted by atomic mass is 10.1. The summed E-state index contributed by atoms with van der Waals surface area (Å²) in [6.45, 7) is 5.51. The molecule has 122 valence electrons. The minimum Gasteiger partial charge on any atom is -0.339 e. The molecule has 0 aromatic heterocycles. The molecule has 0 radical (unpaired) electrons. The molecule has 5 nitrogen and oxygen atoms in total. The highest BCUT2D eigenvalue weighted by atomic mass is 32.2. The van der Waals surface area contributed by atoms with Crippen LogP contribution in [0.3, 0.4) is 0 Å². The van der Waals surface area contributed by atoms with E-state index < -0.39 is 10.0 Å². The minimum atomic E-state index is -3.47. The summed E-state index contributed by atoms with van der Waals surface area (Å²) in [5, 5.41) is 0. The summed E-state index contributed by atoms with van der Waals surface area (Å²) in [6.07, 6.45) is 1.89. The fourth-order valence-electron chi connectivity index (χ4n) is 2.42. The topological polar surface area (TPSA) is 57.7 Å². The summed E-state index contributed by atoms with van der Waals surface area (Å²) in [5.74, 6) is 0.528. The van der Waals surface area contributed by atoms with Crippen molar-refractivity contribution in [3.05, 3.63) is 29.3 Å². The zero-order valence-electron chi connectivity index (χ0n) is 13.2. The van der Waals surface area contributed by atoms with Gasteiger partial charge in [0.25, 0.3) is 0 Å². The summed E-state index contributed by atoms with van der Waals surface area (Å²) in [7, 11) is -3.47. The number of aryl methyl sites for hydroxylation is 2. The Balaban J connectivity index is 2.09. The highest BCUT2D eigenvalue weighted by Gasteiger charge is 2.29. The van der Waals surface area contributed by atoms with E-state index >= 15 is 0 Å². The van der Waals surface area contributed by atoms with Crippen LogP contribution in [-0.4, -0.2) is 61.7 Å². The van der Waals surface area contributed by atoms with Crippen LogP contribution in [0, 0.1) is 13.8 Å². The monoisotopic (exact) mass is 342 g/mol. The van der Waals surface area contributed by atoms with Gasteiger partial charge in [-0.15, -0.1) is 0 Å². The molecule has 0 atom stereocenters. The van der Waals surface area contributed by atoms with Gasteiger partial charge in [0.1, 0.15) is 0 Å². The summed E-state index contributed by atoms with van der Waals surface area (Å²) in [6, 6.07) is 5.21. The first-order valence-corrected chi connectivity index (χ1v) is 10.0. The van der Waals surface area contributed by atoms with Gasteiger partial charge in [0, 0.05) is 26.2 Å². The van der Waals surface area contributed by atoms with Gasteiger partial charge in [-0.05, 0) is 43.4 Å². The van der Waals surface area contributed by atoms with Crippen molar-refractivity contribution in [1.29, 1.82) is 0 Å². The lowest BCUT2D eigenvalue weighted by Gasteiger charge is -2.34. The third-order valence-corrected chi connectivity index (χ3v) is 6.41. The van der Waals surface area contributed by atoms with Crippen LogP contribution in [0.25, 0.3) is 0 Å². The SMILES string of the molecule is CSCC(=O)N1CCN(S(=O)(=O)c2ccc(C)c(C)c2)CC1. The zero-order chi connectivity index (χ0) is 16.3. The van der Waals surface area contributed by atoms with Gasteiger partial charge in [-0.3, -0.25) is 4.79 Å². The summed E-state index contributed by atoms with van der Waals surface area (Å²) in [5.41, 5.74) is 2.04. The molecule has 0 saturated carbocycles. The number of nitrogens with zero attached hydrogens (tertiary/aromatic N) is 2. The van der Waals surface area contributed by atoms with E-state index in [-0.39, 0.29) is 5.91 Å². The fourth-order valence-corrected chi connectivity index (χ4v) is 4.35. The Hall–Kier alpha value is -1.05. The fraction of sp³-hybridized carbons (Fsp3) is 0.533. The molecule has 0 spiro atoms. The Morgan fingerprint density at radius 1 is 1.14 bits per heavy atom. The normalized spacial score (nSPS) is 16.8. The molecule has 1 saturated heterocycles. The van der Waals surface area contributed by atoms with Gasteiger partial charge in [-0.2, -0.15) is 16.1 Å². The molecule has 1 aromatic rings. The molecule has 1 aliphatic heterocycles. The Morgan fingerprint density at radius 2 is 1.77 bits per heavy atom. The van der Waals surface area contributed by atoms with Crippen LogP contribution in [-0.2, 0) is 14.8 Å². The smallest absolute Gasteiger partial charge is 0.243 e. The van der Waals surface area contributed by atoms with E-state index in [4.69, 9.17) is 0 Å². The van der Waals surface area contributed by atoms with E-state index in [0.29, 0.717) is 36.8 Å². The van der Waals surface area contributed by atoms with Crippen LogP contribution in [0.5, 0.6) is 0 Å². The van der Waals surface area contributed by atoms with Gasteiger partial charge in [0.05, 0.1) is 10.6 Å². The summed E-state index contributed by atoms with van der Waals surface area (Å²) < 4.78 is 26.8. The Kier molecular flexibility index (Phi) is 5.52. The molecule has 0 unspecified atom stereocenters. The maximum Gasteiger partial charge on any atom is 0.243 e. The lowest BCUT2D eigenvalue weighted by molar-refractivity contribution is -0.129. The molecule has 1 heterocycles. The van der Waals surface area contributed by atoms with Crippen molar-refractivity contribution < 1.29 is 13.2 Å². The first-order valence-electron chi connectivity index (χ1n) is 7.20. The van der Waals surface area contributed by atoms with E-state index in [1.54, 1.807) is 17.0 Å². The molecule has 22 heavy (non-hydrogen) atoms. The third-order valence-electron chi connectivity index (χ3n) is 3.98. The average molecular weight is 342 g/mol. The second kappa shape index (κ2) is 7.02. The van der Waals surface area contributed by atoms with Gasteiger partial charge in [-0.1, -0.05) is 6.07 Å². The highest BCUT2D eigenvalue weighted by Crippen LogP contribution is 2.20. The zero-order valence-corrected chi connectivity index (χ0v) is 14.8. The summed E-state index contributed by atoms with van der Waals surface area (Å²) in [4.78, 5) is 13.9. The van der Waals surface area contributed by atoms with Gasteiger partial charge in [-0.25, -0.2) is 8.42 Å². The van der Waals surface area contributed by atoms with Crippen LogP contribution < -0.4 is 0 Å². The highest BCUT2D eigenvalue weighted by molar-refractivity contribution is 7.99. The van der Waals surface area contributed by atoms with E-state index in [2.05, 4.69) is 0 Å². The van der Waals surface area contributed by atoms with Gasteiger partial charge in [0.15, 0.2) is 0 Å². The van der Waals surface area contributed by atoms with Gasteiger partial charge in [0.2, 0.25) is 15.9 Å². The van der Waals surface area contributed by atoms with Gasteiger partial charge >= 0.3 is 0 Å². The second-order valence-electron chi connectivity index (χ2n) is 5.46. The number of sulfonamides is 1. The lowest BCUT2D eigenvalue weighted by Crippen LogP contribution is -2.50. The number of hydrogen-bond donors (Lipinski definition) is 0. The Morgan fingerprint density at radius 3 is 2.32 bits per heavy atom. The molecular weight excluding hydrogens is 320 g/mol. The average Bonchev–Trinajstić information content (AvgIpc) is 2.50. The number of hydrogen-bond acceptors (Lipinski definition) is 4. The van der Waals surface area contributed by atoms with Crippen molar-refractivity contribution >= 4 is 27.7 Å². The number of carbonyl (C=O) groups excluding carboxylic acids is 1. The third kappa shape index (κ3) is 3.64. The molecular formula is C15H22N2O3S2. The standard InChI is InChI=1S/C15H22N2O3S2/c1-12-4-5-14(10-13(12)2)22(19,20)17-8-6-16(7-9-17)15(18)11-21-3/h4-5,10H,6-9,11H2,1-3H3. The number of benzene rings is 1. The first kappa shape index (κ1) is 17.3. The largest absolute Gasteiger partial charge is 0.339 e. The molecule has 1 amide bonds. The first-order chi connectivity index (χ1) is 10.4. The molecule has 2 rings (SSSR count). The molecule has 0 aliphatic carbocycles. The predicted octanol–water partition coefficient (Wildman–Crippen LogP) is 1.50. The van der Waals surface area contributed by atoms with E-state index in [0.717, 1.165) is 11.1 Å². The van der Waals surface area contributed by atoms with Crippen molar-refractivity contribution in [3.8, 4) is 0 Å². The summed E-state index contributed by atoms with van der Waals surface area (Å²) >= 11 is 1.49. The van der Waals surface area contributed by atoms with Crippen LogP contribution >= 0.6 is 11.8 Å². The molecule has 0 N–H and O–H groups in total. The minimum absolute atomic E-state index is 0.0794. The number of amides is 1. The van der Waals surface area contributed by atoms with Gasteiger partial charge < -0.3 is 4.90 Å². The van der Waals surface area contributed by atoms with Crippen LogP contribution in [0.2, 0.25) is 0 Å². The van der Waals surface area contributed by atoms with Crippen molar-refractivity contribution in [2.45, 2.75) is 18.7 Å².